The fourth-order valence-corrected chi connectivity index (χ4v) is 2.12. The zero-order chi connectivity index (χ0) is 12.6. The van der Waals surface area contributed by atoms with Gasteiger partial charge in [0, 0.05) is 6.04 Å². The van der Waals surface area contributed by atoms with E-state index >= 15 is 0 Å². The van der Waals surface area contributed by atoms with Gasteiger partial charge in [0.1, 0.15) is 0 Å². The Kier molecular flexibility index (Phi) is 2.98. The molecule has 1 aliphatic heterocycles. The van der Waals surface area contributed by atoms with E-state index in [2.05, 4.69) is 5.32 Å². The number of imide groups is 1. The first kappa shape index (κ1) is 11.8. The largest absolute Gasteiger partial charge is 0.295 e. The van der Waals surface area contributed by atoms with Gasteiger partial charge in [-0.1, -0.05) is 12.1 Å². The monoisotopic (exact) mass is 232 g/mol. The Balaban J connectivity index is 2.30. The second-order valence-electron chi connectivity index (χ2n) is 4.52. The molecule has 90 valence electrons. The molecule has 2 rings (SSSR count). The van der Waals surface area contributed by atoms with E-state index in [9.17, 15) is 9.59 Å². The maximum Gasteiger partial charge on any atom is 0.262 e. The molecule has 1 unspecified atom stereocenters. The van der Waals surface area contributed by atoms with Crippen molar-refractivity contribution in [3.63, 3.8) is 0 Å². The van der Waals surface area contributed by atoms with Gasteiger partial charge in [-0.15, -0.1) is 0 Å². The van der Waals surface area contributed by atoms with Crippen molar-refractivity contribution in [2.75, 3.05) is 0 Å². The van der Waals surface area contributed by atoms with Gasteiger partial charge in [-0.25, -0.2) is 0 Å². The molecule has 0 spiro atoms. The van der Waals surface area contributed by atoms with E-state index in [1.165, 1.54) is 4.90 Å². The van der Waals surface area contributed by atoms with Gasteiger partial charge in [0.25, 0.3) is 11.8 Å². The molecule has 2 amide bonds. The molecule has 1 aromatic rings. The highest BCUT2D eigenvalue weighted by Gasteiger charge is 2.38. The van der Waals surface area contributed by atoms with Gasteiger partial charge in [0.05, 0.1) is 17.3 Å². The van der Waals surface area contributed by atoms with Crippen molar-refractivity contribution in [3.05, 3.63) is 35.4 Å². The van der Waals surface area contributed by atoms with Crippen LogP contribution < -0.4 is 5.32 Å². The third-order valence-electron chi connectivity index (χ3n) is 2.79. The number of hydrogen-bond donors (Lipinski definition) is 1. The van der Waals surface area contributed by atoms with Crippen LogP contribution in [0.15, 0.2) is 24.3 Å². The van der Waals surface area contributed by atoms with Crippen LogP contribution in [0.5, 0.6) is 0 Å². The summed E-state index contributed by atoms with van der Waals surface area (Å²) in [6, 6.07) is 7.14. The molecule has 1 heterocycles. The van der Waals surface area contributed by atoms with Crippen LogP contribution in [0, 0.1) is 0 Å². The smallest absolute Gasteiger partial charge is 0.262 e. The van der Waals surface area contributed by atoms with Crippen LogP contribution in [0.4, 0.5) is 0 Å². The third-order valence-corrected chi connectivity index (χ3v) is 2.79. The molecule has 0 aromatic heterocycles. The van der Waals surface area contributed by atoms with E-state index in [0.29, 0.717) is 11.1 Å². The molecule has 0 aliphatic carbocycles. The van der Waals surface area contributed by atoms with Gasteiger partial charge >= 0.3 is 0 Å². The summed E-state index contributed by atoms with van der Waals surface area (Å²) in [7, 11) is 0. The molecular formula is C13H16N2O2. The minimum Gasteiger partial charge on any atom is -0.295 e. The highest BCUT2D eigenvalue weighted by atomic mass is 16.2. The molecule has 1 aliphatic rings. The minimum absolute atomic E-state index is 0.216. The van der Waals surface area contributed by atoms with E-state index in [1.54, 1.807) is 24.3 Å². The molecule has 1 aromatic carbocycles. The molecule has 1 N–H and O–H groups in total. The molecule has 4 heteroatoms. The van der Waals surface area contributed by atoms with E-state index in [1.807, 2.05) is 20.8 Å². The summed E-state index contributed by atoms with van der Waals surface area (Å²) in [6.07, 6.45) is -0.289. The first-order chi connectivity index (χ1) is 8.02. The number of nitrogens with one attached hydrogen (secondary N) is 1. The first-order valence-corrected chi connectivity index (χ1v) is 5.75. The highest BCUT2D eigenvalue weighted by Crippen LogP contribution is 2.23. The summed E-state index contributed by atoms with van der Waals surface area (Å²) in [5.41, 5.74) is 0.991. The SMILES string of the molecule is CC(C)NC(C)N1C(=O)c2ccccc2C1=O. The summed E-state index contributed by atoms with van der Waals surface area (Å²) in [5, 5.41) is 3.16. The van der Waals surface area contributed by atoms with Crippen molar-refractivity contribution >= 4 is 11.8 Å². The second kappa shape index (κ2) is 4.30. The number of rotatable bonds is 3. The average Bonchev–Trinajstić information content (AvgIpc) is 2.51. The number of amides is 2. The lowest BCUT2D eigenvalue weighted by Gasteiger charge is -2.25. The normalized spacial score (nSPS) is 16.6. The lowest BCUT2D eigenvalue weighted by atomic mass is 10.1. The Morgan fingerprint density at radius 1 is 1.00 bits per heavy atom. The molecule has 0 bridgehead atoms. The summed E-state index contributed by atoms with van der Waals surface area (Å²) >= 11 is 0. The number of carbonyl (C=O) groups is 2. The van der Waals surface area contributed by atoms with Gasteiger partial charge < -0.3 is 0 Å². The Hall–Kier alpha value is -1.68. The maximum atomic E-state index is 12.1. The van der Waals surface area contributed by atoms with Crippen molar-refractivity contribution in [2.24, 2.45) is 0 Å². The number of fused-ring (bicyclic) bond motifs is 1. The van der Waals surface area contributed by atoms with Gasteiger partial charge in [0.2, 0.25) is 0 Å². The van der Waals surface area contributed by atoms with E-state index < -0.39 is 0 Å². The third kappa shape index (κ3) is 1.96. The molecule has 0 fully saturated rings. The van der Waals surface area contributed by atoms with Crippen molar-refractivity contribution in [1.29, 1.82) is 0 Å². The number of hydrogen-bond acceptors (Lipinski definition) is 3. The molecule has 0 radical (unpaired) electrons. The predicted octanol–water partition coefficient (Wildman–Crippen LogP) is 1.63. The standard InChI is InChI=1S/C13H16N2O2/c1-8(2)14-9(3)15-12(16)10-6-4-5-7-11(10)13(15)17/h4-9,14H,1-3H3. The van der Waals surface area contributed by atoms with E-state index in [0.717, 1.165) is 0 Å². The van der Waals surface area contributed by atoms with Crippen LogP contribution in [0.3, 0.4) is 0 Å². The molecular weight excluding hydrogens is 216 g/mol. The second-order valence-corrected chi connectivity index (χ2v) is 4.52. The molecule has 1 atom stereocenters. The van der Waals surface area contributed by atoms with E-state index in [-0.39, 0.29) is 24.0 Å². The molecule has 17 heavy (non-hydrogen) atoms. The molecule has 4 nitrogen and oxygen atoms in total. The summed E-state index contributed by atoms with van der Waals surface area (Å²) in [4.78, 5) is 25.5. The zero-order valence-corrected chi connectivity index (χ0v) is 10.2. The van der Waals surface area contributed by atoms with Gasteiger partial charge in [-0.2, -0.15) is 0 Å². The number of benzene rings is 1. The van der Waals surface area contributed by atoms with Crippen molar-refractivity contribution in [1.82, 2.24) is 10.2 Å². The zero-order valence-electron chi connectivity index (χ0n) is 10.2. The van der Waals surface area contributed by atoms with Gasteiger partial charge in [-0.05, 0) is 32.9 Å². The molecule has 0 saturated carbocycles. The van der Waals surface area contributed by atoms with Crippen molar-refractivity contribution in [2.45, 2.75) is 33.0 Å². The van der Waals surface area contributed by atoms with Crippen molar-refractivity contribution in [3.8, 4) is 0 Å². The van der Waals surface area contributed by atoms with Gasteiger partial charge in [-0.3, -0.25) is 19.8 Å². The average molecular weight is 232 g/mol. The topological polar surface area (TPSA) is 49.4 Å². The Labute approximate surface area is 101 Å². The van der Waals surface area contributed by atoms with Crippen LogP contribution in [-0.4, -0.2) is 28.9 Å². The lowest BCUT2D eigenvalue weighted by Crippen LogP contribution is -2.49. The highest BCUT2D eigenvalue weighted by molar-refractivity contribution is 6.21. The fourth-order valence-electron chi connectivity index (χ4n) is 2.12. The number of carbonyl (C=O) groups excluding carboxylic acids is 2. The van der Waals surface area contributed by atoms with Crippen LogP contribution in [0.2, 0.25) is 0 Å². The van der Waals surface area contributed by atoms with Crippen LogP contribution >= 0.6 is 0 Å². The lowest BCUT2D eigenvalue weighted by molar-refractivity contribution is 0.0563. The quantitative estimate of drug-likeness (QED) is 0.806. The van der Waals surface area contributed by atoms with Crippen LogP contribution in [-0.2, 0) is 0 Å². The fraction of sp³-hybridized carbons (Fsp3) is 0.385. The Morgan fingerprint density at radius 3 is 1.88 bits per heavy atom. The molecule has 0 saturated heterocycles. The van der Waals surface area contributed by atoms with E-state index in [4.69, 9.17) is 0 Å². The Morgan fingerprint density at radius 2 is 1.47 bits per heavy atom. The Bertz CT molecular complexity index is 433. The van der Waals surface area contributed by atoms with Crippen LogP contribution in [0.25, 0.3) is 0 Å². The number of nitrogens with zero attached hydrogens (tertiary/aromatic N) is 1. The summed E-state index contributed by atoms with van der Waals surface area (Å²) in [6.45, 7) is 5.78. The van der Waals surface area contributed by atoms with Gasteiger partial charge in [0.15, 0.2) is 0 Å². The van der Waals surface area contributed by atoms with Crippen molar-refractivity contribution < 1.29 is 9.59 Å². The summed E-state index contributed by atoms with van der Waals surface area (Å²) < 4.78 is 0. The minimum atomic E-state index is -0.289. The summed E-state index contributed by atoms with van der Waals surface area (Å²) in [5.74, 6) is -0.433. The first-order valence-electron chi connectivity index (χ1n) is 5.75. The van der Waals surface area contributed by atoms with Crippen LogP contribution in [0.1, 0.15) is 41.5 Å². The predicted molar refractivity (Wildman–Crippen MR) is 64.7 cm³/mol. The maximum absolute atomic E-state index is 12.1.